The molecule has 1 heteroatoms. The molecule has 8 aromatic rings. The molecule has 0 amide bonds. The minimum atomic E-state index is 1.10. The Morgan fingerprint density at radius 2 is 0.766 bits per heavy atom. The average Bonchev–Trinajstić information content (AvgIpc) is 3.16. The highest BCUT2D eigenvalue weighted by Crippen LogP contribution is 2.46. The molecule has 8 rings (SSSR count). The second kappa shape index (κ2) is 12.7. The standard InChI is InChI=1S/C46H33N/c1-4-15-34(16-5-1)35-27-29-38(30-28-35)43-24-12-13-26-45(43)47(40-21-8-3-9-22-40)46-33-39(31-32-44(46)37-17-6-2-7-18-37)42-25-14-20-36-19-10-11-23-41(36)42/h1-33H. The Morgan fingerprint density at radius 3 is 1.53 bits per heavy atom. The van der Waals surface area contributed by atoms with Crippen LogP contribution < -0.4 is 4.90 Å². The Kier molecular flexibility index (Phi) is 7.63. The lowest BCUT2D eigenvalue weighted by atomic mass is 9.93. The molecule has 0 unspecified atom stereocenters. The van der Waals surface area contributed by atoms with Crippen molar-refractivity contribution in [2.24, 2.45) is 0 Å². The molecule has 8 aromatic carbocycles. The Hall–Kier alpha value is -6.18. The first-order valence-corrected chi connectivity index (χ1v) is 16.1. The Bertz CT molecular complexity index is 2270. The zero-order chi connectivity index (χ0) is 31.4. The molecule has 0 fully saturated rings. The number of rotatable bonds is 7. The van der Waals surface area contributed by atoms with Crippen molar-refractivity contribution in [2.75, 3.05) is 4.90 Å². The van der Waals surface area contributed by atoms with E-state index in [1.807, 2.05) is 0 Å². The first-order valence-electron chi connectivity index (χ1n) is 16.1. The molecule has 0 aliphatic carbocycles. The third kappa shape index (κ3) is 5.60. The fourth-order valence-corrected chi connectivity index (χ4v) is 6.59. The van der Waals surface area contributed by atoms with Crippen molar-refractivity contribution in [3.8, 4) is 44.5 Å². The molecule has 0 aliphatic heterocycles. The first-order chi connectivity index (χ1) is 23.3. The zero-order valence-electron chi connectivity index (χ0n) is 26.0. The molecule has 0 aliphatic rings. The summed E-state index contributed by atoms with van der Waals surface area (Å²) in [5.74, 6) is 0. The summed E-state index contributed by atoms with van der Waals surface area (Å²) >= 11 is 0. The number of nitrogens with zero attached hydrogens (tertiary/aromatic N) is 1. The SMILES string of the molecule is c1ccc(-c2ccc(-c3ccccc3N(c3ccccc3)c3cc(-c4cccc5ccccc45)ccc3-c3ccccc3)cc2)cc1. The van der Waals surface area contributed by atoms with Gasteiger partial charge in [-0.05, 0) is 68.4 Å². The van der Waals surface area contributed by atoms with Gasteiger partial charge in [0, 0.05) is 16.8 Å². The summed E-state index contributed by atoms with van der Waals surface area (Å²) in [7, 11) is 0. The zero-order valence-corrected chi connectivity index (χ0v) is 26.0. The van der Waals surface area contributed by atoms with Crippen LogP contribution in [0.5, 0.6) is 0 Å². The van der Waals surface area contributed by atoms with Gasteiger partial charge in [0.05, 0.1) is 11.4 Å². The van der Waals surface area contributed by atoms with E-state index in [2.05, 4.69) is 205 Å². The number of benzene rings is 8. The summed E-state index contributed by atoms with van der Waals surface area (Å²) in [5.41, 5.74) is 12.9. The molecular formula is C46H33N. The molecule has 0 atom stereocenters. The summed E-state index contributed by atoms with van der Waals surface area (Å²) in [5, 5.41) is 2.49. The van der Waals surface area contributed by atoms with E-state index in [1.165, 1.54) is 55.3 Å². The van der Waals surface area contributed by atoms with Gasteiger partial charge in [-0.2, -0.15) is 0 Å². The smallest absolute Gasteiger partial charge is 0.0546 e. The molecule has 0 N–H and O–H groups in total. The Balaban J connectivity index is 1.35. The van der Waals surface area contributed by atoms with Gasteiger partial charge in [-0.15, -0.1) is 0 Å². The van der Waals surface area contributed by atoms with E-state index in [4.69, 9.17) is 0 Å². The van der Waals surface area contributed by atoms with E-state index in [0.29, 0.717) is 0 Å². The van der Waals surface area contributed by atoms with E-state index < -0.39 is 0 Å². The van der Waals surface area contributed by atoms with Crippen LogP contribution in [0.4, 0.5) is 17.1 Å². The van der Waals surface area contributed by atoms with E-state index >= 15 is 0 Å². The van der Waals surface area contributed by atoms with Crippen LogP contribution in [0.15, 0.2) is 200 Å². The Morgan fingerprint density at radius 1 is 0.277 bits per heavy atom. The van der Waals surface area contributed by atoms with Crippen LogP contribution in [-0.2, 0) is 0 Å². The van der Waals surface area contributed by atoms with Crippen molar-refractivity contribution in [3.05, 3.63) is 200 Å². The minimum absolute atomic E-state index is 1.10. The molecule has 0 heterocycles. The summed E-state index contributed by atoms with van der Waals surface area (Å²) in [4.78, 5) is 2.43. The van der Waals surface area contributed by atoms with Crippen molar-refractivity contribution in [1.82, 2.24) is 0 Å². The molecule has 0 saturated heterocycles. The quantitative estimate of drug-likeness (QED) is 0.176. The van der Waals surface area contributed by atoms with Gasteiger partial charge in [0.1, 0.15) is 0 Å². The second-order valence-corrected chi connectivity index (χ2v) is 11.8. The molecule has 1 nitrogen and oxygen atoms in total. The van der Waals surface area contributed by atoms with Crippen molar-refractivity contribution in [3.63, 3.8) is 0 Å². The lowest BCUT2D eigenvalue weighted by Gasteiger charge is -2.30. The summed E-state index contributed by atoms with van der Waals surface area (Å²) in [6, 6.07) is 71.9. The normalized spacial score (nSPS) is 11.0. The van der Waals surface area contributed by atoms with Gasteiger partial charge in [-0.25, -0.2) is 0 Å². The summed E-state index contributed by atoms with van der Waals surface area (Å²) in [6.45, 7) is 0. The number of hydrogen-bond acceptors (Lipinski definition) is 1. The maximum Gasteiger partial charge on any atom is 0.0546 e. The maximum absolute atomic E-state index is 2.43. The monoisotopic (exact) mass is 599 g/mol. The van der Waals surface area contributed by atoms with E-state index in [0.717, 1.165) is 17.1 Å². The van der Waals surface area contributed by atoms with Gasteiger partial charge in [0.25, 0.3) is 0 Å². The second-order valence-electron chi connectivity index (χ2n) is 11.8. The summed E-state index contributed by atoms with van der Waals surface area (Å²) in [6.07, 6.45) is 0. The van der Waals surface area contributed by atoms with Crippen LogP contribution in [0.1, 0.15) is 0 Å². The van der Waals surface area contributed by atoms with Crippen molar-refractivity contribution in [1.29, 1.82) is 0 Å². The van der Waals surface area contributed by atoms with Crippen LogP contribution in [0.3, 0.4) is 0 Å². The topological polar surface area (TPSA) is 3.24 Å². The highest BCUT2D eigenvalue weighted by molar-refractivity contribution is 6.00. The largest absolute Gasteiger partial charge is 0.309 e. The van der Waals surface area contributed by atoms with Crippen molar-refractivity contribution >= 4 is 27.8 Å². The van der Waals surface area contributed by atoms with E-state index in [9.17, 15) is 0 Å². The van der Waals surface area contributed by atoms with Gasteiger partial charge in [-0.1, -0.05) is 176 Å². The first kappa shape index (κ1) is 28.3. The molecule has 0 radical (unpaired) electrons. The summed E-state index contributed by atoms with van der Waals surface area (Å²) < 4.78 is 0. The lowest BCUT2D eigenvalue weighted by Crippen LogP contribution is -2.12. The van der Waals surface area contributed by atoms with E-state index in [1.54, 1.807) is 0 Å². The van der Waals surface area contributed by atoms with Crippen molar-refractivity contribution < 1.29 is 0 Å². The fourth-order valence-electron chi connectivity index (χ4n) is 6.59. The molecule has 0 bridgehead atoms. The predicted octanol–water partition coefficient (Wildman–Crippen LogP) is 13.0. The molecule has 0 saturated carbocycles. The van der Waals surface area contributed by atoms with Crippen LogP contribution >= 0.6 is 0 Å². The molecular weight excluding hydrogens is 567 g/mol. The van der Waals surface area contributed by atoms with Crippen LogP contribution in [0.2, 0.25) is 0 Å². The maximum atomic E-state index is 2.43. The molecule has 0 aromatic heterocycles. The van der Waals surface area contributed by atoms with Gasteiger partial charge in [0.2, 0.25) is 0 Å². The third-order valence-corrected chi connectivity index (χ3v) is 8.89. The number of anilines is 3. The number of fused-ring (bicyclic) bond motifs is 1. The van der Waals surface area contributed by atoms with Gasteiger partial charge in [-0.3, -0.25) is 0 Å². The van der Waals surface area contributed by atoms with E-state index in [-0.39, 0.29) is 0 Å². The Labute approximate surface area is 276 Å². The third-order valence-electron chi connectivity index (χ3n) is 8.89. The van der Waals surface area contributed by atoms with Gasteiger partial charge >= 0.3 is 0 Å². The minimum Gasteiger partial charge on any atom is -0.309 e. The van der Waals surface area contributed by atoms with Gasteiger partial charge in [0.15, 0.2) is 0 Å². The van der Waals surface area contributed by atoms with Gasteiger partial charge < -0.3 is 4.90 Å². The fraction of sp³-hybridized carbons (Fsp3) is 0. The highest BCUT2D eigenvalue weighted by Gasteiger charge is 2.21. The predicted molar refractivity (Wildman–Crippen MR) is 200 cm³/mol. The molecule has 47 heavy (non-hydrogen) atoms. The number of hydrogen-bond donors (Lipinski definition) is 0. The van der Waals surface area contributed by atoms with Crippen molar-refractivity contribution in [2.45, 2.75) is 0 Å². The highest BCUT2D eigenvalue weighted by atomic mass is 15.1. The van der Waals surface area contributed by atoms with Crippen LogP contribution in [0.25, 0.3) is 55.3 Å². The number of para-hydroxylation sites is 2. The molecule has 222 valence electrons. The van der Waals surface area contributed by atoms with Crippen LogP contribution in [-0.4, -0.2) is 0 Å². The lowest BCUT2D eigenvalue weighted by molar-refractivity contribution is 1.28. The molecule has 0 spiro atoms. The average molecular weight is 600 g/mol. The van der Waals surface area contributed by atoms with Crippen LogP contribution in [0, 0.1) is 0 Å².